The van der Waals surface area contributed by atoms with Crippen LogP contribution in [0.2, 0.25) is 0 Å². The van der Waals surface area contributed by atoms with E-state index < -0.39 is 0 Å². The number of benzene rings is 1. The molecule has 0 radical (unpaired) electrons. The molecule has 1 aromatic rings. The molecule has 3 nitrogen and oxygen atoms in total. The Morgan fingerprint density at radius 3 is 2.62 bits per heavy atom. The van der Waals surface area contributed by atoms with Crippen molar-refractivity contribution in [1.82, 2.24) is 10.2 Å². The Bertz CT molecular complexity index is 472. The van der Waals surface area contributed by atoms with Crippen molar-refractivity contribution in [3.05, 3.63) is 35.4 Å². The molecule has 1 aliphatic rings. The van der Waals surface area contributed by atoms with Crippen LogP contribution in [0.25, 0.3) is 0 Å². The minimum Gasteiger partial charge on any atom is -0.312 e. The summed E-state index contributed by atoms with van der Waals surface area (Å²) in [7, 11) is 0. The van der Waals surface area contributed by atoms with Gasteiger partial charge in [0.15, 0.2) is 0 Å². The van der Waals surface area contributed by atoms with Gasteiger partial charge >= 0.3 is 0 Å². The molecule has 0 amide bonds. The second-order valence-electron chi connectivity index (χ2n) is 6.69. The van der Waals surface area contributed by atoms with Gasteiger partial charge < -0.3 is 5.32 Å². The quantitative estimate of drug-likeness (QED) is 0.846. The molecule has 2 atom stereocenters. The predicted molar refractivity (Wildman–Crippen MR) is 87.2 cm³/mol. The molecule has 0 aliphatic carbocycles. The third-order valence-electron chi connectivity index (χ3n) is 4.18. The highest BCUT2D eigenvalue weighted by Crippen LogP contribution is 2.27. The summed E-state index contributed by atoms with van der Waals surface area (Å²) in [6, 6.07) is 11.7. The van der Waals surface area contributed by atoms with Gasteiger partial charge in [-0.2, -0.15) is 5.26 Å². The maximum atomic E-state index is 9.00. The van der Waals surface area contributed by atoms with Crippen molar-refractivity contribution in [2.24, 2.45) is 5.92 Å². The maximum absolute atomic E-state index is 9.00. The van der Waals surface area contributed by atoms with Crippen LogP contribution >= 0.6 is 0 Å². The maximum Gasteiger partial charge on any atom is 0.0866 e. The summed E-state index contributed by atoms with van der Waals surface area (Å²) < 4.78 is 0. The fraction of sp³-hybridized carbons (Fsp3) is 0.611. The van der Waals surface area contributed by atoms with Gasteiger partial charge in [0.2, 0.25) is 0 Å². The summed E-state index contributed by atoms with van der Waals surface area (Å²) in [5.41, 5.74) is 2.71. The Morgan fingerprint density at radius 1 is 1.29 bits per heavy atom. The molecule has 1 N–H and O–H groups in total. The molecule has 2 rings (SSSR count). The van der Waals surface area contributed by atoms with Gasteiger partial charge in [0, 0.05) is 19.1 Å². The molecule has 1 heterocycles. The summed E-state index contributed by atoms with van der Waals surface area (Å²) in [5, 5.41) is 12.7. The Morgan fingerprint density at radius 2 is 2.00 bits per heavy atom. The van der Waals surface area contributed by atoms with Gasteiger partial charge in [0.1, 0.15) is 0 Å². The smallest absolute Gasteiger partial charge is 0.0866 e. The van der Waals surface area contributed by atoms with Crippen LogP contribution in [0.1, 0.15) is 37.3 Å². The second-order valence-corrected chi connectivity index (χ2v) is 6.69. The fourth-order valence-corrected chi connectivity index (χ4v) is 3.05. The van der Waals surface area contributed by atoms with Gasteiger partial charge in [-0.3, -0.25) is 4.90 Å². The van der Waals surface area contributed by atoms with Crippen molar-refractivity contribution in [3.63, 3.8) is 0 Å². The van der Waals surface area contributed by atoms with E-state index in [0.717, 1.165) is 26.1 Å². The van der Waals surface area contributed by atoms with Crippen molar-refractivity contribution in [1.29, 1.82) is 5.26 Å². The number of piperidine rings is 1. The van der Waals surface area contributed by atoms with E-state index in [4.69, 9.17) is 5.26 Å². The molecule has 3 heteroatoms. The van der Waals surface area contributed by atoms with Crippen molar-refractivity contribution in [2.75, 3.05) is 26.2 Å². The van der Waals surface area contributed by atoms with Gasteiger partial charge in [-0.05, 0) is 37.3 Å². The van der Waals surface area contributed by atoms with Crippen molar-refractivity contribution < 1.29 is 0 Å². The van der Waals surface area contributed by atoms with E-state index in [1.165, 1.54) is 11.1 Å². The number of nitriles is 1. The van der Waals surface area contributed by atoms with E-state index in [2.05, 4.69) is 61.3 Å². The lowest BCUT2D eigenvalue weighted by Gasteiger charge is -2.37. The number of hydrogen-bond acceptors (Lipinski definition) is 3. The number of hydrogen-bond donors (Lipinski definition) is 1. The van der Waals surface area contributed by atoms with Crippen LogP contribution in [0, 0.1) is 24.2 Å². The zero-order valence-electron chi connectivity index (χ0n) is 13.5. The number of aryl methyl sites for hydroxylation is 1. The monoisotopic (exact) mass is 285 g/mol. The minimum atomic E-state index is 0.487. The Kier molecular flexibility index (Phi) is 5.78. The van der Waals surface area contributed by atoms with Gasteiger partial charge in [-0.15, -0.1) is 0 Å². The molecule has 1 fully saturated rings. The summed E-state index contributed by atoms with van der Waals surface area (Å²) in [6.07, 6.45) is 1.16. The third-order valence-corrected chi connectivity index (χ3v) is 4.18. The number of nitrogens with zero attached hydrogens (tertiary/aromatic N) is 2. The van der Waals surface area contributed by atoms with E-state index in [1.807, 2.05) is 0 Å². The lowest BCUT2D eigenvalue weighted by Crippen LogP contribution is -2.49. The molecular formula is C18H27N3. The summed E-state index contributed by atoms with van der Waals surface area (Å²) in [6.45, 7) is 10.2. The first-order valence-electron chi connectivity index (χ1n) is 7.97. The second kappa shape index (κ2) is 7.59. The van der Waals surface area contributed by atoms with Crippen LogP contribution in [0.5, 0.6) is 0 Å². The normalized spacial score (nSPS) is 23.2. The van der Waals surface area contributed by atoms with Crippen LogP contribution in [-0.2, 0) is 0 Å². The lowest BCUT2D eigenvalue weighted by atomic mass is 9.87. The zero-order chi connectivity index (χ0) is 15.2. The van der Waals surface area contributed by atoms with Crippen LogP contribution in [-0.4, -0.2) is 37.1 Å². The fourth-order valence-electron chi connectivity index (χ4n) is 3.05. The lowest BCUT2D eigenvalue weighted by molar-refractivity contribution is 0.186. The molecule has 0 aromatic heterocycles. The zero-order valence-corrected chi connectivity index (χ0v) is 13.5. The molecule has 0 bridgehead atoms. The van der Waals surface area contributed by atoms with Crippen molar-refractivity contribution in [2.45, 2.75) is 39.2 Å². The van der Waals surface area contributed by atoms with E-state index in [9.17, 15) is 0 Å². The van der Waals surface area contributed by atoms with Crippen LogP contribution in [0.3, 0.4) is 0 Å². The molecule has 1 aromatic carbocycles. The molecule has 1 aliphatic heterocycles. The predicted octanol–water partition coefficient (Wildman–Crippen LogP) is 2.92. The van der Waals surface area contributed by atoms with Gasteiger partial charge in [-0.1, -0.05) is 43.7 Å². The van der Waals surface area contributed by atoms with E-state index in [-0.39, 0.29) is 0 Å². The summed E-state index contributed by atoms with van der Waals surface area (Å²) >= 11 is 0. The number of nitrogens with one attached hydrogen (secondary N) is 1. The standard InChI is InChI=1S/C18H27N3/c1-14(2)11-20-18-10-17(12-21(13-18)9-8-19)16-6-4-15(3)5-7-16/h4-7,14,17-18,20H,9-13H2,1-3H3. The molecule has 21 heavy (non-hydrogen) atoms. The molecule has 1 saturated heterocycles. The van der Waals surface area contributed by atoms with Crippen molar-refractivity contribution in [3.8, 4) is 6.07 Å². The van der Waals surface area contributed by atoms with E-state index >= 15 is 0 Å². The Hall–Kier alpha value is -1.37. The minimum absolute atomic E-state index is 0.487. The van der Waals surface area contributed by atoms with Gasteiger partial charge in [-0.25, -0.2) is 0 Å². The van der Waals surface area contributed by atoms with Gasteiger partial charge in [0.25, 0.3) is 0 Å². The van der Waals surface area contributed by atoms with Gasteiger partial charge in [0.05, 0.1) is 12.6 Å². The topological polar surface area (TPSA) is 39.1 Å². The largest absolute Gasteiger partial charge is 0.312 e. The summed E-state index contributed by atoms with van der Waals surface area (Å²) in [5.74, 6) is 1.19. The Labute approximate surface area is 129 Å². The van der Waals surface area contributed by atoms with Crippen LogP contribution in [0.15, 0.2) is 24.3 Å². The number of rotatable bonds is 5. The first-order valence-corrected chi connectivity index (χ1v) is 7.97. The average molecular weight is 285 g/mol. The molecule has 2 unspecified atom stereocenters. The SMILES string of the molecule is Cc1ccc(C2CC(NCC(C)C)CN(CC#N)C2)cc1. The summed E-state index contributed by atoms with van der Waals surface area (Å²) in [4.78, 5) is 2.28. The highest BCUT2D eigenvalue weighted by Gasteiger charge is 2.27. The van der Waals surface area contributed by atoms with Crippen LogP contribution < -0.4 is 5.32 Å². The molecule has 0 saturated carbocycles. The highest BCUT2D eigenvalue weighted by atomic mass is 15.2. The molecule has 0 spiro atoms. The van der Waals surface area contributed by atoms with E-state index in [0.29, 0.717) is 24.4 Å². The molecule has 114 valence electrons. The first-order chi connectivity index (χ1) is 10.1. The van der Waals surface area contributed by atoms with E-state index in [1.54, 1.807) is 0 Å². The van der Waals surface area contributed by atoms with Crippen LogP contribution in [0.4, 0.5) is 0 Å². The molecular weight excluding hydrogens is 258 g/mol. The average Bonchev–Trinajstić information content (AvgIpc) is 2.46. The first kappa shape index (κ1) is 16.0. The number of likely N-dealkylation sites (tertiary alicyclic amines) is 1. The third kappa shape index (κ3) is 4.84. The van der Waals surface area contributed by atoms with Crippen molar-refractivity contribution >= 4 is 0 Å². The highest BCUT2D eigenvalue weighted by molar-refractivity contribution is 5.25. The Balaban J connectivity index is 2.05.